The Morgan fingerprint density at radius 1 is 1.14 bits per heavy atom. The van der Waals surface area contributed by atoms with Crippen molar-refractivity contribution in [2.75, 3.05) is 64.3 Å². The first-order valence-electron chi connectivity index (χ1n) is 13.5. The molecule has 1 aromatic carbocycles. The summed E-state index contributed by atoms with van der Waals surface area (Å²) in [5.41, 5.74) is 10.5. The molecule has 3 unspecified atom stereocenters. The highest BCUT2D eigenvalue weighted by atomic mass is 16.1. The topological polar surface area (TPSA) is 103 Å². The SMILES string of the molecule is CCCC(N)[C@H]1CC(C(=O)NCCN2CCN(C)CC2)CN(c2ccc(C3C=N3)c3nccnc23)C1. The summed E-state index contributed by atoms with van der Waals surface area (Å²) in [6.07, 6.45) is 8.27. The first kappa shape index (κ1) is 25.0. The number of piperidine rings is 1. The van der Waals surface area contributed by atoms with Crippen molar-refractivity contribution in [3.05, 3.63) is 30.1 Å². The molecule has 0 aliphatic carbocycles. The minimum atomic E-state index is -0.0997. The van der Waals surface area contributed by atoms with Crippen LogP contribution >= 0.6 is 0 Å². The molecular formula is C27H40N8O. The summed E-state index contributed by atoms with van der Waals surface area (Å²) in [6.45, 7) is 9.56. The smallest absolute Gasteiger partial charge is 0.224 e. The van der Waals surface area contributed by atoms with E-state index in [4.69, 9.17) is 10.7 Å². The summed E-state index contributed by atoms with van der Waals surface area (Å²) in [6, 6.07) is 4.44. The molecule has 4 heterocycles. The standard InChI is InChI=1S/C27H40N8O/c1-3-4-22(28)19-15-20(27(36)31-9-10-34-13-11-33(2)12-14-34)18-35(17-19)24-6-5-21(23-16-32-23)25-26(24)30-8-7-29-25/h5-8,16,19-20,22-23H,3-4,9-15,17-18,28H2,1-2H3,(H,31,36)/t19-,20?,22?,23?/m0/s1. The molecule has 3 aliphatic rings. The van der Waals surface area contributed by atoms with E-state index in [9.17, 15) is 4.79 Å². The molecule has 36 heavy (non-hydrogen) atoms. The fourth-order valence-electron chi connectivity index (χ4n) is 5.72. The zero-order valence-electron chi connectivity index (χ0n) is 21.6. The van der Waals surface area contributed by atoms with Crippen LogP contribution in [0.5, 0.6) is 0 Å². The number of hydrogen-bond donors (Lipinski definition) is 2. The van der Waals surface area contributed by atoms with Gasteiger partial charge in [0.05, 0.1) is 17.1 Å². The molecule has 1 aromatic heterocycles. The number of nitrogens with zero attached hydrogens (tertiary/aromatic N) is 6. The zero-order valence-corrected chi connectivity index (χ0v) is 21.6. The summed E-state index contributed by atoms with van der Waals surface area (Å²) in [4.78, 5) is 34.2. The van der Waals surface area contributed by atoms with Crippen LogP contribution in [-0.4, -0.2) is 97.3 Å². The molecule has 3 N–H and O–H groups in total. The fraction of sp³-hybridized carbons (Fsp3) is 0.630. The molecule has 0 bridgehead atoms. The monoisotopic (exact) mass is 492 g/mol. The second-order valence-corrected chi connectivity index (χ2v) is 10.7. The number of amides is 1. The van der Waals surface area contributed by atoms with Gasteiger partial charge in [-0.25, -0.2) is 0 Å². The van der Waals surface area contributed by atoms with Crippen LogP contribution < -0.4 is 16.0 Å². The van der Waals surface area contributed by atoms with Crippen LogP contribution in [-0.2, 0) is 4.79 Å². The third-order valence-electron chi connectivity index (χ3n) is 8.00. The van der Waals surface area contributed by atoms with Crippen LogP contribution in [0.2, 0.25) is 0 Å². The Bertz CT molecular complexity index is 1080. The van der Waals surface area contributed by atoms with E-state index in [1.807, 2.05) is 6.21 Å². The predicted octanol–water partition coefficient (Wildman–Crippen LogP) is 1.69. The lowest BCUT2D eigenvalue weighted by Gasteiger charge is -2.41. The molecular weight excluding hydrogens is 452 g/mol. The van der Waals surface area contributed by atoms with Crippen molar-refractivity contribution in [3.8, 4) is 0 Å². The number of aromatic nitrogens is 2. The van der Waals surface area contributed by atoms with Crippen molar-refractivity contribution in [2.24, 2.45) is 22.6 Å². The first-order valence-corrected chi connectivity index (χ1v) is 13.5. The van der Waals surface area contributed by atoms with Gasteiger partial charge in [-0.05, 0) is 31.9 Å². The molecule has 2 aromatic rings. The van der Waals surface area contributed by atoms with E-state index in [0.29, 0.717) is 13.1 Å². The van der Waals surface area contributed by atoms with Gasteiger partial charge in [0.25, 0.3) is 0 Å². The molecule has 4 atom stereocenters. The maximum absolute atomic E-state index is 13.4. The van der Waals surface area contributed by atoms with E-state index in [0.717, 1.165) is 80.8 Å². The number of benzene rings is 1. The third-order valence-corrected chi connectivity index (χ3v) is 8.00. The van der Waals surface area contributed by atoms with Gasteiger partial charge in [-0.3, -0.25) is 24.7 Å². The maximum atomic E-state index is 13.4. The van der Waals surface area contributed by atoms with Gasteiger partial charge >= 0.3 is 0 Å². The van der Waals surface area contributed by atoms with Crippen LogP contribution in [0.15, 0.2) is 29.5 Å². The normalized spacial score (nSPS) is 25.8. The molecule has 3 aliphatic heterocycles. The van der Waals surface area contributed by atoms with Crippen LogP contribution in [0, 0.1) is 11.8 Å². The number of nitrogens with one attached hydrogen (secondary N) is 1. The number of fused-ring (bicyclic) bond motifs is 1. The van der Waals surface area contributed by atoms with Crippen LogP contribution in [0.3, 0.4) is 0 Å². The van der Waals surface area contributed by atoms with E-state index < -0.39 is 0 Å². The van der Waals surface area contributed by atoms with Crippen LogP contribution in [0.1, 0.15) is 37.8 Å². The summed E-state index contributed by atoms with van der Waals surface area (Å²) < 4.78 is 0. The minimum Gasteiger partial charge on any atom is -0.369 e. The number of hydrogen-bond acceptors (Lipinski definition) is 8. The Labute approximate surface area is 214 Å². The lowest BCUT2D eigenvalue weighted by atomic mass is 9.82. The fourth-order valence-corrected chi connectivity index (χ4v) is 5.72. The second-order valence-electron chi connectivity index (χ2n) is 10.7. The van der Waals surface area contributed by atoms with Gasteiger partial charge in [0.2, 0.25) is 5.91 Å². The van der Waals surface area contributed by atoms with Crippen molar-refractivity contribution in [1.82, 2.24) is 25.1 Å². The highest BCUT2D eigenvalue weighted by Crippen LogP contribution is 2.37. The Morgan fingerprint density at radius 3 is 2.61 bits per heavy atom. The van der Waals surface area contributed by atoms with Crippen molar-refractivity contribution >= 4 is 28.8 Å². The summed E-state index contributed by atoms with van der Waals surface area (Å²) in [7, 11) is 2.16. The first-order chi connectivity index (χ1) is 17.5. The number of aliphatic imine (C=N–C) groups is 1. The highest BCUT2D eigenvalue weighted by molar-refractivity contribution is 5.95. The number of nitrogens with two attached hydrogens (primary N) is 1. The third kappa shape index (κ3) is 5.68. The number of piperazine rings is 1. The minimum absolute atomic E-state index is 0.0786. The van der Waals surface area contributed by atoms with Crippen molar-refractivity contribution < 1.29 is 4.79 Å². The van der Waals surface area contributed by atoms with Gasteiger partial charge < -0.3 is 20.9 Å². The summed E-state index contributed by atoms with van der Waals surface area (Å²) in [5, 5.41) is 3.24. The largest absolute Gasteiger partial charge is 0.369 e. The lowest BCUT2D eigenvalue weighted by molar-refractivity contribution is -0.125. The van der Waals surface area contributed by atoms with E-state index in [2.05, 4.69) is 56.1 Å². The average Bonchev–Trinajstić information content (AvgIpc) is 3.74. The zero-order chi connectivity index (χ0) is 25.1. The average molecular weight is 493 g/mol. The van der Waals surface area contributed by atoms with Gasteiger partial charge in [-0.15, -0.1) is 0 Å². The lowest BCUT2D eigenvalue weighted by Crippen LogP contribution is -2.52. The van der Waals surface area contributed by atoms with Crippen molar-refractivity contribution in [3.63, 3.8) is 0 Å². The molecule has 194 valence electrons. The molecule has 0 spiro atoms. The molecule has 5 rings (SSSR count). The van der Waals surface area contributed by atoms with Crippen molar-refractivity contribution in [2.45, 2.75) is 38.3 Å². The Balaban J connectivity index is 1.31. The molecule has 9 heteroatoms. The van der Waals surface area contributed by atoms with E-state index in [1.165, 1.54) is 0 Å². The Hall–Kier alpha value is -2.62. The van der Waals surface area contributed by atoms with Crippen molar-refractivity contribution in [1.29, 1.82) is 0 Å². The summed E-state index contributed by atoms with van der Waals surface area (Å²) in [5.74, 6) is 0.295. The number of likely N-dealkylation sites (N-methyl/N-ethyl adjacent to an activating group) is 1. The van der Waals surface area contributed by atoms with Gasteiger partial charge in [-0.2, -0.15) is 0 Å². The molecule has 0 saturated carbocycles. The maximum Gasteiger partial charge on any atom is 0.224 e. The van der Waals surface area contributed by atoms with Gasteiger partial charge in [-0.1, -0.05) is 19.4 Å². The number of carbonyl (C=O) groups excluding carboxylic acids is 1. The van der Waals surface area contributed by atoms with E-state index in [1.54, 1.807) is 12.4 Å². The van der Waals surface area contributed by atoms with Crippen LogP contribution in [0.25, 0.3) is 11.0 Å². The van der Waals surface area contributed by atoms with E-state index >= 15 is 0 Å². The highest BCUT2D eigenvalue weighted by Gasteiger charge is 2.35. The van der Waals surface area contributed by atoms with Gasteiger partial charge in [0, 0.05) is 82.6 Å². The van der Waals surface area contributed by atoms with Crippen LogP contribution in [0.4, 0.5) is 5.69 Å². The Kier molecular flexibility index (Phi) is 7.79. The van der Waals surface area contributed by atoms with E-state index in [-0.39, 0.29) is 29.8 Å². The second kappa shape index (κ2) is 11.2. The molecule has 0 radical (unpaired) electrons. The number of carbonyl (C=O) groups is 1. The molecule has 9 nitrogen and oxygen atoms in total. The van der Waals surface area contributed by atoms with Gasteiger partial charge in [0.15, 0.2) is 0 Å². The number of rotatable bonds is 9. The quantitative estimate of drug-likeness (QED) is 0.549. The number of anilines is 1. The summed E-state index contributed by atoms with van der Waals surface area (Å²) >= 11 is 0. The predicted molar refractivity (Wildman–Crippen MR) is 144 cm³/mol. The van der Waals surface area contributed by atoms with Gasteiger partial charge in [0.1, 0.15) is 11.6 Å². The molecule has 2 saturated heterocycles. The Morgan fingerprint density at radius 2 is 1.89 bits per heavy atom. The molecule has 2 fully saturated rings. The molecule has 1 amide bonds.